The molecule has 18 heavy (non-hydrogen) atoms. The van der Waals surface area contributed by atoms with Gasteiger partial charge in [0.15, 0.2) is 0 Å². The molecule has 98 valence electrons. The minimum Gasteiger partial charge on any atom is -0.274 e. The zero-order chi connectivity index (χ0) is 13.3. The molecule has 0 bridgehead atoms. The van der Waals surface area contributed by atoms with E-state index >= 15 is 0 Å². The van der Waals surface area contributed by atoms with Crippen molar-refractivity contribution in [1.82, 2.24) is 23.9 Å². The maximum absolute atomic E-state index is 12.2. The number of aryl methyl sites for hydroxylation is 2. The maximum Gasteiger partial charge on any atom is 0.246 e. The molecule has 0 aliphatic rings. The summed E-state index contributed by atoms with van der Waals surface area (Å²) in [5, 5.41) is 7.88. The highest BCUT2D eigenvalue weighted by molar-refractivity contribution is 7.89. The third-order valence-electron chi connectivity index (χ3n) is 2.70. The Kier molecular flexibility index (Phi) is 3.22. The fraction of sp³-hybridized carbons (Fsp3) is 0.400. The summed E-state index contributed by atoms with van der Waals surface area (Å²) < 4.78 is 28.8. The van der Waals surface area contributed by atoms with Crippen LogP contribution in [0.4, 0.5) is 0 Å². The van der Waals surface area contributed by atoms with Crippen LogP contribution in [0.15, 0.2) is 29.6 Å². The van der Waals surface area contributed by atoms with Gasteiger partial charge in [0.2, 0.25) is 10.0 Å². The maximum atomic E-state index is 12.2. The number of hydrogen-bond acceptors (Lipinski definition) is 4. The minimum absolute atomic E-state index is 0.190. The normalized spacial score (nSPS) is 12.2. The molecule has 0 atom stereocenters. The lowest BCUT2D eigenvalue weighted by molar-refractivity contribution is 0.453. The van der Waals surface area contributed by atoms with Crippen molar-refractivity contribution in [2.45, 2.75) is 11.4 Å². The monoisotopic (exact) mass is 269 g/mol. The number of nitrogens with zero attached hydrogens (tertiary/aromatic N) is 5. The molecule has 2 aromatic heterocycles. The molecule has 0 radical (unpaired) electrons. The summed E-state index contributed by atoms with van der Waals surface area (Å²) >= 11 is 0. The van der Waals surface area contributed by atoms with Crippen molar-refractivity contribution in [2.75, 3.05) is 7.05 Å². The van der Waals surface area contributed by atoms with E-state index in [1.807, 2.05) is 0 Å². The van der Waals surface area contributed by atoms with Gasteiger partial charge in [-0.25, -0.2) is 8.42 Å². The van der Waals surface area contributed by atoms with Crippen LogP contribution in [0.3, 0.4) is 0 Å². The Labute approximate surface area is 106 Å². The number of sulfonamides is 1. The van der Waals surface area contributed by atoms with Crippen molar-refractivity contribution in [3.05, 3.63) is 30.4 Å². The zero-order valence-corrected chi connectivity index (χ0v) is 11.3. The van der Waals surface area contributed by atoms with E-state index in [0.717, 1.165) is 5.69 Å². The highest BCUT2D eigenvalue weighted by atomic mass is 32.2. The van der Waals surface area contributed by atoms with Gasteiger partial charge < -0.3 is 0 Å². The van der Waals surface area contributed by atoms with Gasteiger partial charge in [-0.3, -0.25) is 9.36 Å². The number of rotatable bonds is 4. The van der Waals surface area contributed by atoms with Crippen LogP contribution in [0.1, 0.15) is 5.69 Å². The average molecular weight is 269 g/mol. The molecule has 7 nitrogen and oxygen atoms in total. The summed E-state index contributed by atoms with van der Waals surface area (Å²) in [7, 11) is 1.49. The molecule has 0 saturated carbocycles. The zero-order valence-electron chi connectivity index (χ0n) is 10.5. The van der Waals surface area contributed by atoms with Crippen molar-refractivity contribution in [3.63, 3.8) is 0 Å². The Morgan fingerprint density at radius 3 is 2.56 bits per heavy atom. The Bertz CT molecular complexity index is 643. The molecular formula is C10H15N5O2S. The molecule has 0 aliphatic carbocycles. The minimum atomic E-state index is -3.50. The van der Waals surface area contributed by atoms with Crippen LogP contribution >= 0.6 is 0 Å². The van der Waals surface area contributed by atoms with Gasteiger partial charge in [0.25, 0.3) is 0 Å². The second-order valence-electron chi connectivity index (χ2n) is 4.06. The van der Waals surface area contributed by atoms with Crippen LogP contribution in [0.25, 0.3) is 0 Å². The number of aromatic nitrogens is 4. The Morgan fingerprint density at radius 2 is 2.06 bits per heavy atom. The van der Waals surface area contributed by atoms with E-state index in [4.69, 9.17) is 0 Å². The average Bonchev–Trinajstić information content (AvgIpc) is 2.89. The highest BCUT2D eigenvalue weighted by Crippen LogP contribution is 2.15. The van der Waals surface area contributed by atoms with Gasteiger partial charge in [-0.1, -0.05) is 0 Å². The van der Waals surface area contributed by atoms with Crippen LogP contribution in [0.2, 0.25) is 0 Å². The molecule has 0 saturated heterocycles. The van der Waals surface area contributed by atoms with Crippen LogP contribution in [0.5, 0.6) is 0 Å². The van der Waals surface area contributed by atoms with Gasteiger partial charge in [-0.2, -0.15) is 14.5 Å². The Morgan fingerprint density at radius 1 is 1.33 bits per heavy atom. The molecule has 0 N–H and O–H groups in total. The first kappa shape index (κ1) is 12.8. The second-order valence-corrected chi connectivity index (χ2v) is 6.10. The lowest BCUT2D eigenvalue weighted by Gasteiger charge is -2.15. The fourth-order valence-corrected chi connectivity index (χ4v) is 2.71. The fourth-order valence-electron chi connectivity index (χ4n) is 1.58. The second kappa shape index (κ2) is 4.54. The van der Waals surface area contributed by atoms with Crippen LogP contribution < -0.4 is 0 Å². The Balaban J connectivity index is 2.23. The number of hydrogen-bond donors (Lipinski definition) is 0. The summed E-state index contributed by atoms with van der Waals surface area (Å²) in [5.41, 5.74) is 0.824. The lowest BCUT2D eigenvalue weighted by Crippen LogP contribution is -2.27. The molecule has 0 unspecified atom stereocenters. The summed E-state index contributed by atoms with van der Waals surface area (Å²) in [4.78, 5) is 0.190. The molecule has 2 heterocycles. The topological polar surface area (TPSA) is 73.0 Å². The molecule has 0 fully saturated rings. The predicted octanol–water partition coefficient (Wildman–Crippen LogP) is -0.0257. The van der Waals surface area contributed by atoms with Crippen molar-refractivity contribution in [1.29, 1.82) is 0 Å². The van der Waals surface area contributed by atoms with Gasteiger partial charge in [-0.15, -0.1) is 0 Å². The van der Waals surface area contributed by atoms with Crippen molar-refractivity contribution < 1.29 is 8.42 Å². The van der Waals surface area contributed by atoms with Crippen LogP contribution in [0, 0.1) is 0 Å². The van der Waals surface area contributed by atoms with E-state index in [0.29, 0.717) is 0 Å². The van der Waals surface area contributed by atoms with E-state index in [2.05, 4.69) is 10.2 Å². The predicted molar refractivity (Wildman–Crippen MR) is 65.1 cm³/mol. The molecule has 0 aliphatic heterocycles. The van der Waals surface area contributed by atoms with E-state index in [9.17, 15) is 8.42 Å². The standard InChI is InChI=1S/C10H15N5O2S/c1-13-8-10(6-12-13)18(16,17)14(2)7-9-4-5-11-15(9)3/h4-6,8H,7H2,1-3H3. The van der Waals surface area contributed by atoms with Gasteiger partial charge in [0.05, 0.1) is 18.4 Å². The third-order valence-corrected chi connectivity index (χ3v) is 4.45. The molecule has 0 spiro atoms. The highest BCUT2D eigenvalue weighted by Gasteiger charge is 2.23. The molecule has 0 aromatic carbocycles. The summed E-state index contributed by atoms with van der Waals surface area (Å²) in [6.45, 7) is 0.272. The van der Waals surface area contributed by atoms with E-state index < -0.39 is 10.0 Å². The lowest BCUT2D eigenvalue weighted by atomic mass is 10.4. The van der Waals surface area contributed by atoms with Gasteiger partial charge in [-0.05, 0) is 6.07 Å². The van der Waals surface area contributed by atoms with E-state index in [-0.39, 0.29) is 11.4 Å². The molecule has 8 heteroatoms. The molecule has 2 rings (SSSR count). The smallest absolute Gasteiger partial charge is 0.246 e. The summed E-state index contributed by atoms with van der Waals surface area (Å²) in [5.74, 6) is 0. The van der Waals surface area contributed by atoms with Crippen LogP contribution in [-0.4, -0.2) is 39.3 Å². The summed E-state index contributed by atoms with van der Waals surface area (Å²) in [6.07, 6.45) is 4.46. The van der Waals surface area contributed by atoms with Crippen molar-refractivity contribution in [3.8, 4) is 0 Å². The Hall–Kier alpha value is -1.67. The van der Waals surface area contributed by atoms with Gasteiger partial charge in [0, 0.05) is 33.5 Å². The third kappa shape index (κ3) is 2.29. The molecule has 2 aromatic rings. The van der Waals surface area contributed by atoms with Crippen LogP contribution in [-0.2, 0) is 30.7 Å². The van der Waals surface area contributed by atoms with Gasteiger partial charge >= 0.3 is 0 Å². The van der Waals surface area contributed by atoms with E-state index in [1.165, 1.54) is 28.4 Å². The first-order chi connectivity index (χ1) is 8.41. The SMILES string of the molecule is CN(Cc1ccnn1C)S(=O)(=O)c1cnn(C)c1. The van der Waals surface area contributed by atoms with Crippen molar-refractivity contribution in [2.24, 2.45) is 14.1 Å². The van der Waals surface area contributed by atoms with Gasteiger partial charge in [0.1, 0.15) is 4.90 Å². The largest absolute Gasteiger partial charge is 0.274 e. The molecular weight excluding hydrogens is 254 g/mol. The summed E-state index contributed by atoms with van der Waals surface area (Å²) in [6, 6.07) is 1.79. The van der Waals surface area contributed by atoms with Crippen molar-refractivity contribution >= 4 is 10.0 Å². The quantitative estimate of drug-likeness (QED) is 0.781. The van der Waals surface area contributed by atoms with E-state index in [1.54, 1.807) is 31.0 Å². The first-order valence-electron chi connectivity index (χ1n) is 5.33. The molecule has 0 amide bonds. The first-order valence-corrected chi connectivity index (χ1v) is 6.77.